The third-order valence-corrected chi connectivity index (χ3v) is 3.23. The average Bonchev–Trinajstić information content (AvgIpc) is 2.78. The summed E-state index contributed by atoms with van der Waals surface area (Å²) in [6, 6.07) is 6.71. The maximum absolute atomic E-state index is 13.5. The minimum absolute atomic E-state index is 0.196. The van der Waals surface area contributed by atoms with E-state index in [1.165, 1.54) is 6.07 Å². The first-order valence-corrected chi connectivity index (χ1v) is 4.85. The summed E-state index contributed by atoms with van der Waals surface area (Å²) in [5, 5.41) is 9.41. The van der Waals surface area contributed by atoms with Crippen LogP contribution in [0.5, 0.6) is 0 Å². The van der Waals surface area contributed by atoms with E-state index in [0.29, 0.717) is 17.0 Å². The van der Waals surface area contributed by atoms with Gasteiger partial charge in [-0.25, -0.2) is 4.39 Å². The molecule has 0 spiro atoms. The number of nitriles is 1. The van der Waals surface area contributed by atoms with Gasteiger partial charge in [-0.05, 0) is 24.5 Å². The topological polar surface area (TPSA) is 23.8 Å². The van der Waals surface area contributed by atoms with Gasteiger partial charge in [0.25, 0.3) is 0 Å². The van der Waals surface area contributed by atoms with Gasteiger partial charge in [-0.2, -0.15) is 5.26 Å². The summed E-state index contributed by atoms with van der Waals surface area (Å²) < 4.78 is 13.5. The highest BCUT2D eigenvalue weighted by molar-refractivity contribution is 6.31. The molecule has 3 heteroatoms. The minimum Gasteiger partial charge on any atom is -0.207 e. The fraction of sp³-hybridized carbons (Fsp3) is 0.364. The summed E-state index contributed by atoms with van der Waals surface area (Å²) in [5.74, 6) is -0.176. The lowest BCUT2D eigenvalue weighted by Crippen LogP contribution is -2.09. The first kappa shape index (κ1) is 9.48. The molecule has 0 heterocycles. The molecule has 0 amide bonds. The zero-order valence-electron chi connectivity index (χ0n) is 7.72. The summed E-state index contributed by atoms with van der Waals surface area (Å²) >= 11 is 5.91. The molecule has 14 heavy (non-hydrogen) atoms. The molecule has 2 atom stereocenters. The van der Waals surface area contributed by atoms with Crippen LogP contribution >= 0.6 is 11.6 Å². The SMILES string of the molecule is CC1CC1(C#N)c1c(F)cccc1Cl. The molecule has 1 aliphatic carbocycles. The van der Waals surface area contributed by atoms with Crippen molar-refractivity contribution in [2.45, 2.75) is 18.8 Å². The fourth-order valence-electron chi connectivity index (χ4n) is 1.91. The zero-order chi connectivity index (χ0) is 10.3. The summed E-state index contributed by atoms with van der Waals surface area (Å²) in [4.78, 5) is 0. The Kier molecular flexibility index (Phi) is 2.01. The van der Waals surface area contributed by atoms with E-state index in [9.17, 15) is 4.39 Å². The Labute approximate surface area is 87.1 Å². The third-order valence-electron chi connectivity index (χ3n) is 2.92. The second-order valence-electron chi connectivity index (χ2n) is 3.78. The van der Waals surface area contributed by atoms with E-state index >= 15 is 0 Å². The Hall–Kier alpha value is -1.07. The fourth-order valence-corrected chi connectivity index (χ4v) is 2.24. The second-order valence-corrected chi connectivity index (χ2v) is 4.19. The van der Waals surface area contributed by atoms with Crippen LogP contribution in [0.2, 0.25) is 5.02 Å². The van der Waals surface area contributed by atoms with E-state index in [1.807, 2.05) is 6.92 Å². The maximum Gasteiger partial charge on any atom is 0.129 e. The van der Waals surface area contributed by atoms with Gasteiger partial charge in [0, 0.05) is 10.6 Å². The van der Waals surface area contributed by atoms with Crippen molar-refractivity contribution in [3.63, 3.8) is 0 Å². The molecule has 1 aromatic carbocycles. The van der Waals surface area contributed by atoms with E-state index in [2.05, 4.69) is 6.07 Å². The number of rotatable bonds is 1. The molecule has 0 aromatic heterocycles. The first-order chi connectivity index (χ1) is 6.62. The molecule has 1 saturated carbocycles. The summed E-state index contributed by atoms with van der Waals surface area (Å²) in [6.07, 6.45) is 0.699. The Morgan fingerprint density at radius 2 is 2.29 bits per heavy atom. The second kappa shape index (κ2) is 2.96. The predicted octanol–water partition coefficient (Wildman–Crippen LogP) is 3.28. The number of hydrogen-bond donors (Lipinski definition) is 0. The Morgan fingerprint density at radius 1 is 1.64 bits per heavy atom. The van der Waals surface area contributed by atoms with Crippen molar-refractivity contribution in [2.75, 3.05) is 0 Å². The van der Waals surface area contributed by atoms with E-state index in [4.69, 9.17) is 16.9 Å². The lowest BCUT2D eigenvalue weighted by Gasteiger charge is -2.10. The van der Waals surface area contributed by atoms with Crippen LogP contribution < -0.4 is 0 Å². The Bertz CT molecular complexity index is 404. The molecule has 1 aromatic rings. The molecule has 0 saturated heterocycles. The van der Waals surface area contributed by atoms with Crippen molar-refractivity contribution in [3.05, 3.63) is 34.6 Å². The molecule has 2 rings (SSSR count). The van der Waals surface area contributed by atoms with Gasteiger partial charge in [0.15, 0.2) is 0 Å². The van der Waals surface area contributed by atoms with Crippen molar-refractivity contribution in [1.82, 2.24) is 0 Å². The number of halogens is 2. The normalized spacial score (nSPS) is 29.7. The number of hydrogen-bond acceptors (Lipinski definition) is 1. The van der Waals surface area contributed by atoms with Crippen LogP contribution in [0.1, 0.15) is 18.9 Å². The molecule has 0 bridgehead atoms. The van der Waals surface area contributed by atoms with Crippen LogP contribution in [0.4, 0.5) is 4.39 Å². The quantitative estimate of drug-likeness (QED) is 0.697. The van der Waals surface area contributed by atoms with E-state index in [1.54, 1.807) is 12.1 Å². The zero-order valence-corrected chi connectivity index (χ0v) is 8.48. The van der Waals surface area contributed by atoms with E-state index in [-0.39, 0.29) is 11.7 Å². The highest BCUT2D eigenvalue weighted by Crippen LogP contribution is 2.55. The van der Waals surface area contributed by atoms with Gasteiger partial charge < -0.3 is 0 Å². The molecule has 1 aliphatic rings. The third kappa shape index (κ3) is 1.13. The van der Waals surface area contributed by atoms with Crippen LogP contribution in [0, 0.1) is 23.1 Å². The lowest BCUT2D eigenvalue weighted by molar-refractivity contribution is 0.592. The van der Waals surface area contributed by atoms with Gasteiger partial charge in [-0.15, -0.1) is 0 Å². The summed E-state index contributed by atoms with van der Waals surface area (Å²) in [5.41, 5.74) is -0.306. The molecule has 0 radical (unpaired) electrons. The van der Waals surface area contributed by atoms with Crippen LogP contribution in [0.3, 0.4) is 0 Å². The molecule has 0 aliphatic heterocycles. The van der Waals surface area contributed by atoms with Gasteiger partial charge in [0.05, 0.1) is 11.5 Å². The minimum atomic E-state index is -0.678. The highest BCUT2D eigenvalue weighted by Gasteiger charge is 2.55. The summed E-state index contributed by atoms with van der Waals surface area (Å²) in [6.45, 7) is 1.94. The van der Waals surface area contributed by atoms with Crippen molar-refractivity contribution in [3.8, 4) is 6.07 Å². The van der Waals surface area contributed by atoms with Crippen LogP contribution in [0.25, 0.3) is 0 Å². The summed E-state index contributed by atoms with van der Waals surface area (Å²) in [7, 11) is 0. The van der Waals surface area contributed by atoms with Crippen molar-refractivity contribution in [2.24, 2.45) is 5.92 Å². The molecular formula is C11H9ClFN. The van der Waals surface area contributed by atoms with Gasteiger partial charge >= 0.3 is 0 Å². The largest absolute Gasteiger partial charge is 0.207 e. The standard InChI is InChI=1S/C11H9ClFN/c1-7-5-11(7,6-14)10-8(12)3-2-4-9(10)13/h2-4,7H,5H2,1H3. The first-order valence-electron chi connectivity index (χ1n) is 4.47. The van der Waals surface area contributed by atoms with Crippen molar-refractivity contribution in [1.29, 1.82) is 5.26 Å². The van der Waals surface area contributed by atoms with Gasteiger partial charge in [0.1, 0.15) is 5.82 Å². The van der Waals surface area contributed by atoms with Crippen molar-refractivity contribution < 1.29 is 4.39 Å². The Morgan fingerprint density at radius 3 is 2.71 bits per heavy atom. The lowest BCUT2D eigenvalue weighted by atomic mass is 9.94. The van der Waals surface area contributed by atoms with Gasteiger partial charge in [-0.3, -0.25) is 0 Å². The molecule has 2 unspecified atom stereocenters. The maximum atomic E-state index is 13.5. The highest BCUT2D eigenvalue weighted by atomic mass is 35.5. The Balaban J connectivity index is 2.58. The number of nitrogens with zero attached hydrogens (tertiary/aromatic N) is 1. The smallest absolute Gasteiger partial charge is 0.129 e. The number of benzene rings is 1. The molecular weight excluding hydrogens is 201 g/mol. The average molecular weight is 210 g/mol. The van der Waals surface area contributed by atoms with Gasteiger partial charge in [-0.1, -0.05) is 24.6 Å². The molecule has 1 nitrogen and oxygen atoms in total. The monoisotopic (exact) mass is 209 g/mol. The van der Waals surface area contributed by atoms with Crippen LogP contribution in [0.15, 0.2) is 18.2 Å². The molecule has 0 N–H and O–H groups in total. The predicted molar refractivity (Wildman–Crippen MR) is 52.5 cm³/mol. The van der Waals surface area contributed by atoms with E-state index in [0.717, 1.165) is 0 Å². The molecule has 1 fully saturated rings. The van der Waals surface area contributed by atoms with Crippen LogP contribution in [-0.2, 0) is 5.41 Å². The van der Waals surface area contributed by atoms with Crippen molar-refractivity contribution >= 4 is 11.6 Å². The van der Waals surface area contributed by atoms with Gasteiger partial charge in [0.2, 0.25) is 0 Å². The van der Waals surface area contributed by atoms with E-state index < -0.39 is 5.41 Å². The van der Waals surface area contributed by atoms with Crippen LogP contribution in [-0.4, -0.2) is 0 Å². The molecule has 72 valence electrons.